The van der Waals surface area contributed by atoms with Gasteiger partial charge in [0.2, 0.25) is 6.79 Å². The van der Waals surface area contributed by atoms with Gasteiger partial charge in [0.1, 0.15) is 17.6 Å². The Labute approximate surface area is 182 Å². The van der Waals surface area contributed by atoms with Crippen LogP contribution in [0.5, 0.6) is 11.5 Å². The molecule has 1 N–H and O–H groups in total. The Balaban J connectivity index is 1.62. The first-order valence-corrected chi connectivity index (χ1v) is 9.87. The molecule has 3 aromatic rings. The number of nitrogens with zero attached hydrogens (tertiary/aromatic N) is 2. The zero-order valence-corrected chi connectivity index (χ0v) is 16.7. The van der Waals surface area contributed by atoms with E-state index >= 15 is 0 Å². The molecule has 1 unspecified atom stereocenters. The molecule has 32 heavy (non-hydrogen) atoms. The fraction of sp³-hybridized carbons (Fsp3) is 0.125. The summed E-state index contributed by atoms with van der Waals surface area (Å²) < 4.78 is 24.0. The summed E-state index contributed by atoms with van der Waals surface area (Å²) >= 11 is 0. The van der Waals surface area contributed by atoms with Crippen molar-refractivity contribution in [3.63, 3.8) is 0 Å². The third-order valence-corrected chi connectivity index (χ3v) is 5.42. The summed E-state index contributed by atoms with van der Waals surface area (Å²) in [5.41, 5.74) is 1.30. The Bertz CT molecular complexity index is 1240. The van der Waals surface area contributed by atoms with E-state index in [9.17, 15) is 19.1 Å². The first kappa shape index (κ1) is 19.7. The van der Waals surface area contributed by atoms with Crippen LogP contribution in [0.3, 0.4) is 0 Å². The van der Waals surface area contributed by atoms with Gasteiger partial charge in [-0.3, -0.25) is 14.6 Å². The molecule has 2 aliphatic rings. The third kappa shape index (κ3) is 3.35. The van der Waals surface area contributed by atoms with Crippen LogP contribution in [0.4, 0.5) is 4.39 Å². The number of ether oxygens (including phenoxy) is 2. The molecule has 0 saturated carbocycles. The van der Waals surface area contributed by atoms with Gasteiger partial charge in [-0.25, -0.2) is 4.39 Å². The first-order chi connectivity index (χ1) is 15.5. The van der Waals surface area contributed by atoms with Crippen molar-refractivity contribution >= 4 is 17.4 Å². The average Bonchev–Trinajstić information content (AvgIpc) is 3.38. The molecule has 2 aromatic carbocycles. The van der Waals surface area contributed by atoms with E-state index in [1.807, 2.05) is 0 Å². The Morgan fingerprint density at radius 3 is 2.59 bits per heavy atom. The molecule has 160 valence electrons. The van der Waals surface area contributed by atoms with Crippen molar-refractivity contribution in [1.29, 1.82) is 0 Å². The first-order valence-electron chi connectivity index (χ1n) is 9.87. The summed E-state index contributed by atoms with van der Waals surface area (Å²) in [6.45, 7) is 0.111. The maximum absolute atomic E-state index is 13.3. The SMILES string of the molecule is O=C1C(=O)N(Cc2ccc(F)cc2)C(c2ccccn2)/C1=C(/O)c1ccc2c(c1)OCO2. The number of ketones is 1. The molecule has 8 heteroatoms. The summed E-state index contributed by atoms with van der Waals surface area (Å²) in [6, 6.07) is 14.7. The molecule has 2 aliphatic heterocycles. The molecular formula is C24H17FN2O5. The standard InChI is InChI=1S/C24H17FN2O5/c25-16-7-4-14(5-8-16)12-27-21(17-3-1-2-10-26-17)20(23(29)24(27)30)22(28)15-6-9-18-19(11-15)32-13-31-18/h1-11,21,28H,12-13H2/b22-20-. The largest absolute Gasteiger partial charge is 0.507 e. The molecule has 3 heterocycles. The molecule has 0 spiro atoms. The number of rotatable bonds is 4. The van der Waals surface area contributed by atoms with Crippen LogP contribution >= 0.6 is 0 Å². The van der Waals surface area contributed by atoms with Gasteiger partial charge in [0.05, 0.1) is 11.3 Å². The zero-order valence-electron chi connectivity index (χ0n) is 16.7. The number of aromatic nitrogens is 1. The van der Waals surface area contributed by atoms with Crippen molar-refractivity contribution in [2.75, 3.05) is 6.79 Å². The van der Waals surface area contributed by atoms with Crippen molar-refractivity contribution in [2.45, 2.75) is 12.6 Å². The van der Waals surface area contributed by atoms with Gasteiger partial charge in [-0.2, -0.15) is 0 Å². The highest BCUT2D eigenvalue weighted by Gasteiger charge is 2.46. The van der Waals surface area contributed by atoms with Gasteiger partial charge in [0.15, 0.2) is 11.5 Å². The molecule has 1 atom stereocenters. The number of aliphatic hydroxyl groups is 1. The molecule has 0 bridgehead atoms. The van der Waals surface area contributed by atoms with E-state index in [0.717, 1.165) is 0 Å². The monoisotopic (exact) mass is 432 g/mol. The number of hydrogen-bond donors (Lipinski definition) is 1. The summed E-state index contributed by atoms with van der Waals surface area (Å²) in [5, 5.41) is 11.1. The van der Waals surface area contributed by atoms with Gasteiger partial charge in [-0.05, 0) is 48.0 Å². The highest BCUT2D eigenvalue weighted by molar-refractivity contribution is 6.46. The molecule has 7 nitrogen and oxygen atoms in total. The van der Waals surface area contributed by atoms with Crippen molar-refractivity contribution in [2.24, 2.45) is 0 Å². The van der Waals surface area contributed by atoms with Crippen LogP contribution in [0.15, 0.2) is 72.4 Å². The number of carbonyl (C=O) groups is 2. The number of carbonyl (C=O) groups excluding carboxylic acids is 2. The maximum Gasteiger partial charge on any atom is 0.296 e. The van der Waals surface area contributed by atoms with Gasteiger partial charge in [-0.15, -0.1) is 0 Å². The normalized spacial score (nSPS) is 18.9. The van der Waals surface area contributed by atoms with Crippen molar-refractivity contribution < 1.29 is 28.6 Å². The van der Waals surface area contributed by atoms with E-state index in [0.29, 0.717) is 28.3 Å². The lowest BCUT2D eigenvalue weighted by atomic mass is 9.98. The van der Waals surface area contributed by atoms with E-state index in [2.05, 4.69) is 4.98 Å². The molecule has 0 radical (unpaired) electrons. The number of amides is 1. The van der Waals surface area contributed by atoms with Gasteiger partial charge < -0.3 is 19.5 Å². The van der Waals surface area contributed by atoms with E-state index in [4.69, 9.17) is 9.47 Å². The molecule has 1 amide bonds. The number of benzene rings is 2. The third-order valence-electron chi connectivity index (χ3n) is 5.42. The average molecular weight is 432 g/mol. The molecule has 0 aliphatic carbocycles. The smallest absolute Gasteiger partial charge is 0.296 e. The molecule has 5 rings (SSSR count). The summed E-state index contributed by atoms with van der Waals surface area (Å²) in [6.07, 6.45) is 1.55. The zero-order chi connectivity index (χ0) is 22.2. The quantitative estimate of drug-likeness (QED) is 0.385. The highest BCUT2D eigenvalue weighted by Crippen LogP contribution is 2.41. The second kappa shape index (κ2) is 7.81. The van der Waals surface area contributed by atoms with Gasteiger partial charge in [0.25, 0.3) is 11.7 Å². The van der Waals surface area contributed by atoms with Crippen molar-refractivity contribution in [3.05, 3.63) is 95.1 Å². The summed E-state index contributed by atoms with van der Waals surface area (Å²) in [4.78, 5) is 31.7. The van der Waals surface area contributed by atoms with E-state index < -0.39 is 23.5 Å². The van der Waals surface area contributed by atoms with Crippen molar-refractivity contribution in [1.82, 2.24) is 9.88 Å². The van der Waals surface area contributed by atoms with Gasteiger partial charge >= 0.3 is 0 Å². The predicted molar refractivity (Wildman–Crippen MR) is 111 cm³/mol. The molecule has 1 saturated heterocycles. The minimum Gasteiger partial charge on any atom is -0.507 e. The van der Waals surface area contributed by atoms with Gasteiger partial charge in [-0.1, -0.05) is 18.2 Å². The second-order valence-electron chi connectivity index (χ2n) is 7.38. The minimum atomic E-state index is -0.910. The number of pyridine rings is 1. The van der Waals surface area contributed by atoms with Crippen LogP contribution in [-0.2, 0) is 16.1 Å². The van der Waals surface area contributed by atoms with Crippen LogP contribution in [0.1, 0.15) is 22.9 Å². The second-order valence-corrected chi connectivity index (χ2v) is 7.38. The van der Waals surface area contributed by atoms with E-state index in [1.165, 1.54) is 17.0 Å². The number of fused-ring (bicyclic) bond motifs is 1. The highest BCUT2D eigenvalue weighted by atomic mass is 19.1. The fourth-order valence-electron chi connectivity index (χ4n) is 3.87. The maximum atomic E-state index is 13.3. The number of Topliss-reactive ketones (excluding diaryl/α,β-unsaturated/α-hetero) is 1. The summed E-state index contributed by atoms with van der Waals surface area (Å²) in [7, 11) is 0. The Morgan fingerprint density at radius 2 is 1.84 bits per heavy atom. The van der Waals surface area contributed by atoms with Crippen LogP contribution in [0.2, 0.25) is 0 Å². The van der Waals surface area contributed by atoms with Crippen LogP contribution in [-0.4, -0.2) is 33.5 Å². The molecule has 1 aromatic heterocycles. The minimum absolute atomic E-state index is 0.0456. The van der Waals surface area contributed by atoms with Crippen LogP contribution in [0.25, 0.3) is 5.76 Å². The molecule has 1 fully saturated rings. The number of aliphatic hydroxyl groups excluding tert-OH is 1. The Kier molecular flexibility index (Phi) is 4.82. The van der Waals surface area contributed by atoms with Crippen LogP contribution in [0, 0.1) is 5.82 Å². The van der Waals surface area contributed by atoms with Gasteiger partial charge in [0, 0.05) is 18.3 Å². The Morgan fingerprint density at radius 1 is 1.06 bits per heavy atom. The Hall–Kier alpha value is -4.20. The lowest BCUT2D eigenvalue weighted by Gasteiger charge is -2.24. The lowest BCUT2D eigenvalue weighted by Crippen LogP contribution is -2.29. The van der Waals surface area contributed by atoms with E-state index in [-0.39, 0.29) is 24.7 Å². The summed E-state index contributed by atoms with van der Waals surface area (Å²) in [5.74, 6) is -1.37. The number of hydrogen-bond acceptors (Lipinski definition) is 6. The van der Waals surface area contributed by atoms with Crippen molar-refractivity contribution in [3.8, 4) is 11.5 Å². The fourth-order valence-corrected chi connectivity index (χ4v) is 3.87. The topological polar surface area (TPSA) is 89.0 Å². The molecular weight excluding hydrogens is 415 g/mol. The lowest BCUT2D eigenvalue weighted by molar-refractivity contribution is -0.140. The predicted octanol–water partition coefficient (Wildman–Crippen LogP) is 3.57. The number of likely N-dealkylation sites (tertiary alicyclic amines) is 1. The van der Waals surface area contributed by atoms with E-state index in [1.54, 1.807) is 54.7 Å². The van der Waals surface area contributed by atoms with Crippen LogP contribution < -0.4 is 9.47 Å². The number of halogens is 1.